The Morgan fingerprint density at radius 3 is 2.44 bits per heavy atom. The summed E-state index contributed by atoms with van der Waals surface area (Å²) in [6.07, 6.45) is 3.82. The Balaban J connectivity index is 1.57. The molecule has 1 aromatic heterocycles. The summed E-state index contributed by atoms with van der Waals surface area (Å²) in [6.45, 7) is 4.07. The van der Waals surface area contributed by atoms with Gasteiger partial charge in [0.25, 0.3) is 0 Å². The van der Waals surface area contributed by atoms with E-state index in [2.05, 4.69) is 15.6 Å². The van der Waals surface area contributed by atoms with Gasteiger partial charge in [-0.1, -0.05) is 68.8 Å². The van der Waals surface area contributed by atoms with E-state index in [1.54, 1.807) is 6.20 Å². The molecule has 1 saturated heterocycles. The van der Waals surface area contributed by atoms with Gasteiger partial charge in [-0.05, 0) is 42.4 Å². The van der Waals surface area contributed by atoms with E-state index in [0.717, 1.165) is 22.0 Å². The number of aromatic nitrogens is 1. The minimum atomic E-state index is -1.05. The Kier molecular flexibility index (Phi) is 9.78. The van der Waals surface area contributed by atoms with Gasteiger partial charge < -0.3 is 31.4 Å². The summed E-state index contributed by atoms with van der Waals surface area (Å²) in [5, 5.41) is 16.2. The van der Waals surface area contributed by atoms with Gasteiger partial charge in [0, 0.05) is 30.1 Å². The molecule has 218 valence electrons. The van der Waals surface area contributed by atoms with Crippen molar-refractivity contribution in [1.82, 2.24) is 20.5 Å². The number of carbonyl (C=O) groups excluding carboxylic acids is 3. The summed E-state index contributed by atoms with van der Waals surface area (Å²) in [5.41, 5.74) is 8.86. The Morgan fingerprint density at radius 2 is 1.73 bits per heavy atom. The summed E-state index contributed by atoms with van der Waals surface area (Å²) in [5.74, 6) is -2.74. The molecule has 4 rings (SSSR count). The Morgan fingerprint density at radius 1 is 1.02 bits per heavy atom. The normalized spacial score (nSPS) is 17.9. The van der Waals surface area contributed by atoms with Crippen LogP contribution in [0.1, 0.15) is 44.2 Å². The number of rotatable bonds is 12. The van der Waals surface area contributed by atoms with E-state index in [1.807, 2.05) is 68.4 Å². The fourth-order valence-corrected chi connectivity index (χ4v) is 5.37. The molecular formula is C31H39N5O5. The maximum atomic E-state index is 13.8. The predicted octanol–water partition coefficient (Wildman–Crippen LogP) is 2.37. The van der Waals surface area contributed by atoms with Crippen LogP contribution in [0.3, 0.4) is 0 Å². The van der Waals surface area contributed by atoms with Gasteiger partial charge in [-0.15, -0.1) is 0 Å². The number of aliphatic carboxylic acids is 1. The molecule has 0 spiro atoms. The number of nitrogens with zero attached hydrogens (tertiary/aromatic N) is 1. The van der Waals surface area contributed by atoms with E-state index >= 15 is 0 Å². The maximum Gasteiger partial charge on any atom is 0.326 e. The Bertz CT molecular complexity index is 1370. The molecule has 0 aliphatic carbocycles. The molecule has 0 saturated carbocycles. The van der Waals surface area contributed by atoms with Gasteiger partial charge in [-0.2, -0.15) is 0 Å². The third kappa shape index (κ3) is 7.13. The van der Waals surface area contributed by atoms with Crippen LogP contribution in [0.15, 0.2) is 60.8 Å². The van der Waals surface area contributed by atoms with Crippen LogP contribution in [0, 0.1) is 5.92 Å². The monoisotopic (exact) mass is 561 g/mol. The molecule has 2 aromatic carbocycles. The number of amides is 3. The first-order valence-electron chi connectivity index (χ1n) is 14.2. The van der Waals surface area contributed by atoms with E-state index in [4.69, 9.17) is 5.73 Å². The lowest BCUT2D eigenvalue weighted by atomic mass is 9.96. The average molecular weight is 562 g/mol. The number of para-hydroxylation sites is 1. The zero-order valence-electron chi connectivity index (χ0n) is 23.5. The molecule has 3 amide bonds. The van der Waals surface area contributed by atoms with Gasteiger partial charge in [0.1, 0.15) is 18.1 Å². The lowest BCUT2D eigenvalue weighted by molar-refractivity contribution is -0.150. The lowest BCUT2D eigenvalue weighted by Gasteiger charge is -2.31. The van der Waals surface area contributed by atoms with Gasteiger partial charge >= 0.3 is 5.97 Å². The third-order valence-electron chi connectivity index (χ3n) is 7.96. The number of fused-ring (bicyclic) bond motifs is 1. The number of H-pyrrole nitrogens is 1. The van der Waals surface area contributed by atoms with Crippen LogP contribution >= 0.6 is 0 Å². The maximum absolute atomic E-state index is 13.8. The molecule has 1 aliphatic heterocycles. The summed E-state index contributed by atoms with van der Waals surface area (Å²) in [7, 11) is 0. The SMILES string of the molecule is CCC(C)C(NC(=O)C(Cc1c[nH]c2ccccc12)NC(=O)C(N)Cc1ccccc1)C(=O)N1CCCC1C(=O)O. The molecule has 6 N–H and O–H groups in total. The van der Waals surface area contributed by atoms with E-state index in [0.29, 0.717) is 32.2 Å². The highest BCUT2D eigenvalue weighted by molar-refractivity contribution is 5.95. The highest BCUT2D eigenvalue weighted by Gasteiger charge is 2.40. The van der Waals surface area contributed by atoms with Crippen LogP contribution in [0.2, 0.25) is 0 Å². The molecule has 3 aromatic rings. The number of likely N-dealkylation sites (tertiary alicyclic amines) is 1. The van der Waals surface area contributed by atoms with Crippen LogP contribution in [0.5, 0.6) is 0 Å². The number of hydrogen-bond acceptors (Lipinski definition) is 5. The van der Waals surface area contributed by atoms with Crippen LogP contribution in [0.4, 0.5) is 0 Å². The van der Waals surface area contributed by atoms with Crippen molar-refractivity contribution in [3.8, 4) is 0 Å². The second kappa shape index (κ2) is 13.5. The number of nitrogens with two attached hydrogens (primary N) is 1. The highest BCUT2D eigenvalue weighted by atomic mass is 16.4. The zero-order chi connectivity index (χ0) is 29.5. The van der Waals surface area contributed by atoms with Crippen molar-refractivity contribution in [3.63, 3.8) is 0 Å². The van der Waals surface area contributed by atoms with Crippen LogP contribution in [-0.4, -0.2) is 69.4 Å². The molecule has 0 bridgehead atoms. The van der Waals surface area contributed by atoms with Crippen LogP contribution in [0.25, 0.3) is 10.9 Å². The van der Waals surface area contributed by atoms with Crippen molar-refractivity contribution in [3.05, 3.63) is 71.9 Å². The third-order valence-corrected chi connectivity index (χ3v) is 7.96. The van der Waals surface area contributed by atoms with Gasteiger partial charge in [-0.25, -0.2) is 4.79 Å². The topological polar surface area (TPSA) is 158 Å². The number of benzene rings is 2. The summed E-state index contributed by atoms with van der Waals surface area (Å²) in [6, 6.07) is 13.3. The lowest BCUT2D eigenvalue weighted by Crippen LogP contribution is -2.59. The fourth-order valence-electron chi connectivity index (χ4n) is 5.37. The molecule has 10 nitrogen and oxygen atoms in total. The van der Waals surface area contributed by atoms with Crippen molar-refractivity contribution in [2.45, 2.75) is 70.1 Å². The van der Waals surface area contributed by atoms with Crippen LogP contribution < -0.4 is 16.4 Å². The first-order valence-corrected chi connectivity index (χ1v) is 14.2. The van der Waals surface area contributed by atoms with E-state index in [-0.39, 0.29) is 12.3 Å². The molecule has 5 unspecified atom stereocenters. The fraction of sp³-hybridized carbons (Fsp3) is 0.419. The molecule has 2 heterocycles. The molecular weight excluding hydrogens is 522 g/mol. The summed E-state index contributed by atoms with van der Waals surface area (Å²) in [4.78, 5) is 56.9. The minimum absolute atomic E-state index is 0.169. The Labute approximate surface area is 239 Å². The Hall–Kier alpha value is -4.18. The molecule has 1 aliphatic rings. The van der Waals surface area contributed by atoms with Crippen molar-refractivity contribution >= 4 is 34.6 Å². The standard InChI is InChI=1S/C31H39N5O5/c1-3-19(2)27(30(39)36-15-9-14-26(36)31(40)41)35-29(38)25(17-21-18-33-24-13-8-7-12-22(21)24)34-28(37)23(32)16-20-10-5-4-6-11-20/h4-8,10-13,18-19,23,25-27,33H,3,9,14-17,32H2,1-2H3,(H,34,37)(H,35,38)(H,40,41). The molecule has 10 heteroatoms. The minimum Gasteiger partial charge on any atom is -0.480 e. The molecule has 0 radical (unpaired) electrons. The average Bonchev–Trinajstić information content (AvgIpc) is 3.63. The summed E-state index contributed by atoms with van der Waals surface area (Å²) < 4.78 is 0. The number of aromatic amines is 1. The number of nitrogens with one attached hydrogen (secondary N) is 3. The quantitative estimate of drug-likeness (QED) is 0.228. The van der Waals surface area contributed by atoms with Gasteiger partial charge in [0.05, 0.1) is 6.04 Å². The van der Waals surface area contributed by atoms with E-state index < -0.39 is 47.9 Å². The number of carbonyl (C=O) groups is 4. The first-order chi connectivity index (χ1) is 19.7. The van der Waals surface area contributed by atoms with Crippen molar-refractivity contribution < 1.29 is 24.3 Å². The predicted molar refractivity (Wildman–Crippen MR) is 156 cm³/mol. The second-order valence-electron chi connectivity index (χ2n) is 10.8. The van der Waals surface area contributed by atoms with Crippen molar-refractivity contribution in [2.75, 3.05) is 6.54 Å². The molecule has 41 heavy (non-hydrogen) atoms. The number of carboxylic acids is 1. The van der Waals surface area contributed by atoms with E-state index in [1.165, 1.54) is 4.90 Å². The first kappa shape index (κ1) is 29.8. The number of hydrogen-bond donors (Lipinski definition) is 5. The van der Waals surface area contributed by atoms with Crippen molar-refractivity contribution in [2.24, 2.45) is 11.7 Å². The van der Waals surface area contributed by atoms with Gasteiger partial charge in [0.2, 0.25) is 17.7 Å². The molecule has 1 fully saturated rings. The van der Waals surface area contributed by atoms with Crippen molar-refractivity contribution in [1.29, 1.82) is 0 Å². The van der Waals surface area contributed by atoms with Gasteiger partial charge in [0.15, 0.2) is 0 Å². The molecule has 5 atom stereocenters. The smallest absolute Gasteiger partial charge is 0.326 e. The zero-order valence-corrected chi connectivity index (χ0v) is 23.5. The van der Waals surface area contributed by atoms with E-state index in [9.17, 15) is 24.3 Å². The largest absolute Gasteiger partial charge is 0.480 e. The highest BCUT2D eigenvalue weighted by Crippen LogP contribution is 2.23. The van der Waals surface area contributed by atoms with Crippen LogP contribution in [-0.2, 0) is 32.0 Å². The number of carboxylic acid groups (broad SMARTS) is 1. The van der Waals surface area contributed by atoms with Gasteiger partial charge in [-0.3, -0.25) is 14.4 Å². The summed E-state index contributed by atoms with van der Waals surface area (Å²) >= 11 is 0. The second-order valence-corrected chi connectivity index (χ2v) is 10.8.